The van der Waals surface area contributed by atoms with Crippen LogP contribution in [0.1, 0.15) is 40.2 Å². The molecule has 1 aliphatic heterocycles. The lowest BCUT2D eigenvalue weighted by atomic mass is 9.87. The second kappa shape index (κ2) is 8.80. The standard InChI is InChI=1S/C24H32N2O2S/c1-17-15-26(18(2)14-25(17)16-23(27)28)21-8-6-7-9-22(21)29-20-12-10-19(11-13-20)24(3,4)5/h6-13,17-18H,14-16H2,1-5H3,(H,27,28). The van der Waals surface area contributed by atoms with Crippen molar-refractivity contribution in [3.63, 3.8) is 0 Å². The minimum Gasteiger partial charge on any atom is -0.480 e. The number of carboxylic acid groups (broad SMARTS) is 1. The van der Waals surface area contributed by atoms with Crippen LogP contribution in [0, 0.1) is 0 Å². The van der Waals surface area contributed by atoms with Crippen molar-refractivity contribution < 1.29 is 9.90 Å². The lowest BCUT2D eigenvalue weighted by Crippen LogP contribution is -2.57. The highest BCUT2D eigenvalue weighted by molar-refractivity contribution is 7.99. The Kier molecular flexibility index (Phi) is 6.59. The van der Waals surface area contributed by atoms with Gasteiger partial charge in [0.2, 0.25) is 0 Å². The van der Waals surface area contributed by atoms with Crippen LogP contribution < -0.4 is 4.90 Å². The van der Waals surface area contributed by atoms with Crippen LogP contribution in [-0.2, 0) is 10.2 Å². The lowest BCUT2D eigenvalue weighted by molar-refractivity contribution is -0.139. The highest BCUT2D eigenvalue weighted by Gasteiger charge is 2.31. The zero-order valence-corrected chi connectivity index (χ0v) is 18.9. The lowest BCUT2D eigenvalue weighted by Gasteiger charge is -2.45. The number of aliphatic carboxylic acids is 1. The average molecular weight is 413 g/mol. The Balaban J connectivity index is 1.80. The molecule has 0 radical (unpaired) electrons. The van der Waals surface area contributed by atoms with E-state index in [1.807, 2.05) is 0 Å². The first-order chi connectivity index (χ1) is 13.6. The average Bonchev–Trinajstić information content (AvgIpc) is 2.64. The SMILES string of the molecule is CC1CN(c2ccccc2Sc2ccc(C(C)(C)C)cc2)C(C)CN1CC(=O)O. The van der Waals surface area contributed by atoms with E-state index in [2.05, 4.69) is 92.9 Å². The molecule has 2 aromatic carbocycles. The Labute approximate surface area is 178 Å². The van der Waals surface area contributed by atoms with Crippen molar-refractivity contribution in [2.45, 2.75) is 61.9 Å². The minimum atomic E-state index is -0.757. The Hall–Kier alpha value is -1.98. The van der Waals surface area contributed by atoms with Crippen LogP contribution in [0.4, 0.5) is 5.69 Å². The van der Waals surface area contributed by atoms with Gasteiger partial charge in [-0.2, -0.15) is 0 Å². The number of carbonyl (C=O) groups is 1. The molecule has 0 aromatic heterocycles. The predicted molar refractivity (Wildman–Crippen MR) is 121 cm³/mol. The van der Waals surface area contributed by atoms with Gasteiger partial charge in [0.1, 0.15) is 0 Å². The molecule has 4 nitrogen and oxygen atoms in total. The molecule has 5 heteroatoms. The molecule has 0 bridgehead atoms. The number of rotatable bonds is 5. The topological polar surface area (TPSA) is 43.8 Å². The first-order valence-corrected chi connectivity index (χ1v) is 11.1. The third kappa shape index (κ3) is 5.34. The number of hydrogen-bond acceptors (Lipinski definition) is 4. The zero-order chi connectivity index (χ0) is 21.2. The van der Waals surface area contributed by atoms with Crippen molar-refractivity contribution in [1.29, 1.82) is 0 Å². The molecule has 156 valence electrons. The van der Waals surface area contributed by atoms with E-state index in [1.54, 1.807) is 11.8 Å². The molecule has 29 heavy (non-hydrogen) atoms. The summed E-state index contributed by atoms with van der Waals surface area (Å²) in [5.41, 5.74) is 2.72. The summed E-state index contributed by atoms with van der Waals surface area (Å²) in [5.74, 6) is -0.757. The van der Waals surface area contributed by atoms with E-state index >= 15 is 0 Å². The fraction of sp³-hybridized carbons (Fsp3) is 0.458. The quantitative estimate of drug-likeness (QED) is 0.738. The number of nitrogens with zero attached hydrogens (tertiary/aromatic N) is 2. The van der Waals surface area contributed by atoms with Crippen molar-refractivity contribution in [2.24, 2.45) is 0 Å². The molecular weight excluding hydrogens is 380 g/mol. The van der Waals surface area contributed by atoms with Crippen LogP contribution >= 0.6 is 11.8 Å². The number of carboxylic acids is 1. The normalized spacial score (nSPS) is 20.7. The van der Waals surface area contributed by atoms with Gasteiger partial charge in [0.25, 0.3) is 0 Å². The van der Waals surface area contributed by atoms with Gasteiger partial charge in [0, 0.05) is 35.0 Å². The van der Waals surface area contributed by atoms with Crippen LogP contribution in [0.25, 0.3) is 0 Å². The van der Waals surface area contributed by atoms with E-state index in [-0.39, 0.29) is 24.0 Å². The van der Waals surface area contributed by atoms with Crippen LogP contribution in [0.15, 0.2) is 58.3 Å². The largest absolute Gasteiger partial charge is 0.480 e. The molecular formula is C24H32N2O2S. The highest BCUT2D eigenvalue weighted by atomic mass is 32.2. The van der Waals surface area contributed by atoms with Crippen LogP contribution in [0.3, 0.4) is 0 Å². The maximum Gasteiger partial charge on any atom is 0.317 e. The maximum absolute atomic E-state index is 11.2. The summed E-state index contributed by atoms with van der Waals surface area (Å²) in [7, 11) is 0. The van der Waals surface area contributed by atoms with Gasteiger partial charge >= 0.3 is 5.97 Å². The highest BCUT2D eigenvalue weighted by Crippen LogP contribution is 2.38. The van der Waals surface area contributed by atoms with Crippen molar-refractivity contribution in [3.05, 3.63) is 54.1 Å². The molecule has 1 aliphatic rings. The number of anilines is 1. The smallest absolute Gasteiger partial charge is 0.317 e. The van der Waals surface area contributed by atoms with Gasteiger partial charge in [-0.25, -0.2) is 0 Å². The number of benzene rings is 2. The second-order valence-corrected chi connectivity index (χ2v) is 10.1. The molecule has 0 aliphatic carbocycles. The van der Waals surface area contributed by atoms with Crippen molar-refractivity contribution in [1.82, 2.24) is 4.90 Å². The van der Waals surface area contributed by atoms with Crippen LogP contribution in [0.5, 0.6) is 0 Å². The summed E-state index contributed by atoms with van der Waals surface area (Å²) in [4.78, 5) is 18.1. The van der Waals surface area contributed by atoms with Crippen molar-refractivity contribution >= 4 is 23.4 Å². The van der Waals surface area contributed by atoms with E-state index in [9.17, 15) is 9.90 Å². The van der Waals surface area contributed by atoms with E-state index in [4.69, 9.17) is 0 Å². The summed E-state index contributed by atoms with van der Waals surface area (Å²) in [6.45, 7) is 12.7. The fourth-order valence-corrected chi connectivity index (χ4v) is 4.82. The van der Waals surface area contributed by atoms with Gasteiger partial charge in [-0.1, -0.05) is 56.8 Å². The molecule has 2 unspecified atom stereocenters. The molecule has 0 saturated carbocycles. The third-order valence-corrected chi connectivity index (χ3v) is 6.65. The number of hydrogen-bond donors (Lipinski definition) is 1. The Morgan fingerprint density at radius 1 is 1.03 bits per heavy atom. The van der Waals surface area contributed by atoms with E-state index in [0.717, 1.165) is 13.1 Å². The molecule has 1 saturated heterocycles. The van der Waals surface area contributed by atoms with Gasteiger partial charge in [-0.15, -0.1) is 0 Å². The predicted octanol–water partition coefficient (Wildman–Crippen LogP) is 5.12. The summed E-state index contributed by atoms with van der Waals surface area (Å²) < 4.78 is 0. The molecule has 1 fully saturated rings. The first-order valence-electron chi connectivity index (χ1n) is 10.2. The summed E-state index contributed by atoms with van der Waals surface area (Å²) in [6.07, 6.45) is 0. The molecule has 2 aromatic rings. The van der Waals surface area contributed by atoms with Crippen molar-refractivity contribution in [2.75, 3.05) is 24.5 Å². The molecule has 0 amide bonds. The van der Waals surface area contributed by atoms with Gasteiger partial charge in [0.05, 0.1) is 12.2 Å². The van der Waals surface area contributed by atoms with Gasteiger partial charge in [-0.05, 0) is 49.1 Å². The molecule has 1 N–H and O–H groups in total. The molecule has 2 atom stereocenters. The molecule has 0 spiro atoms. The van der Waals surface area contributed by atoms with Gasteiger partial charge < -0.3 is 10.0 Å². The van der Waals surface area contributed by atoms with Crippen molar-refractivity contribution in [3.8, 4) is 0 Å². The summed E-state index contributed by atoms with van der Waals surface area (Å²) in [6, 6.07) is 17.9. The number of para-hydroxylation sites is 1. The van der Waals surface area contributed by atoms with E-state index in [1.165, 1.54) is 21.0 Å². The Morgan fingerprint density at radius 3 is 2.31 bits per heavy atom. The van der Waals surface area contributed by atoms with Crippen LogP contribution in [0.2, 0.25) is 0 Å². The second-order valence-electron chi connectivity index (χ2n) is 9.02. The number of piperazine rings is 1. The monoisotopic (exact) mass is 412 g/mol. The molecule has 1 heterocycles. The summed E-state index contributed by atoms with van der Waals surface area (Å²) in [5, 5.41) is 9.17. The zero-order valence-electron chi connectivity index (χ0n) is 18.1. The van der Waals surface area contributed by atoms with E-state index in [0.29, 0.717) is 0 Å². The van der Waals surface area contributed by atoms with Gasteiger partial charge in [0.15, 0.2) is 0 Å². The van der Waals surface area contributed by atoms with Gasteiger partial charge in [-0.3, -0.25) is 9.69 Å². The third-order valence-electron chi connectivity index (χ3n) is 5.58. The van der Waals surface area contributed by atoms with Crippen LogP contribution in [-0.4, -0.2) is 47.7 Å². The molecule has 3 rings (SSSR count). The summed E-state index contributed by atoms with van der Waals surface area (Å²) >= 11 is 1.79. The first kappa shape index (κ1) is 21.7. The minimum absolute atomic E-state index is 0.107. The maximum atomic E-state index is 11.2. The van der Waals surface area contributed by atoms with E-state index < -0.39 is 5.97 Å². The Morgan fingerprint density at radius 2 is 1.69 bits per heavy atom. The fourth-order valence-electron chi connectivity index (χ4n) is 3.86. The Bertz CT molecular complexity index is 845.